The minimum atomic E-state index is -0.417. The van der Waals surface area contributed by atoms with Gasteiger partial charge in [0.25, 0.3) is 5.91 Å². The summed E-state index contributed by atoms with van der Waals surface area (Å²) in [6.45, 7) is 4.15. The molecule has 0 spiro atoms. The van der Waals surface area contributed by atoms with Crippen LogP contribution in [0.25, 0.3) is 0 Å². The van der Waals surface area contributed by atoms with Crippen molar-refractivity contribution < 1.29 is 9.59 Å². The summed E-state index contributed by atoms with van der Waals surface area (Å²) in [5.41, 5.74) is 9.80. The SMILES string of the molecule is Cc1cccc(C)c1NC(=O)Cn1nnc(C(=O)NCCc2ccccc2)c1N. The van der Waals surface area contributed by atoms with Gasteiger partial charge in [-0.1, -0.05) is 53.7 Å². The second kappa shape index (κ2) is 9.01. The van der Waals surface area contributed by atoms with Gasteiger partial charge in [0.15, 0.2) is 11.5 Å². The molecule has 0 saturated carbocycles. The van der Waals surface area contributed by atoms with Crippen LogP contribution in [0.2, 0.25) is 0 Å². The Morgan fingerprint density at radius 3 is 2.41 bits per heavy atom. The van der Waals surface area contributed by atoms with Gasteiger partial charge in [0, 0.05) is 12.2 Å². The van der Waals surface area contributed by atoms with E-state index in [1.165, 1.54) is 4.68 Å². The molecule has 0 bridgehead atoms. The van der Waals surface area contributed by atoms with Gasteiger partial charge in [0.1, 0.15) is 6.54 Å². The van der Waals surface area contributed by atoms with E-state index in [4.69, 9.17) is 5.73 Å². The number of hydrogen-bond acceptors (Lipinski definition) is 5. The third kappa shape index (κ3) is 4.98. The second-order valence-electron chi connectivity index (χ2n) is 6.79. The Bertz CT molecular complexity index is 993. The lowest BCUT2D eigenvalue weighted by Crippen LogP contribution is -2.27. The number of benzene rings is 2. The number of hydrogen-bond donors (Lipinski definition) is 3. The zero-order valence-corrected chi connectivity index (χ0v) is 16.5. The van der Waals surface area contributed by atoms with E-state index >= 15 is 0 Å². The Hall–Kier alpha value is -3.68. The fourth-order valence-electron chi connectivity index (χ4n) is 2.97. The minimum absolute atomic E-state index is 0.0120. The van der Waals surface area contributed by atoms with Gasteiger partial charge in [-0.15, -0.1) is 5.10 Å². The van der Waals surface area contributed by atoms with Crippen molar-refractivity contribution in [3.63, 3.8) is 0 Å². The number of nitrogens with one attached hydrogen (secondary N) is 2. The standard InChI is InChI=1S/C21H24N6O2/c1-14-7-6-8-15(2)18(14)24-17(28)13-27-20(22)19(25-26-27)21(29)23-12-11-16-9-4-3-5-10-16/h3-10H,11-13,22H2,1-2H3,(H,23,29)(H,24,28). The summed E-state index contributed by atoms with van der Waals surface area (Å²) < 4.78 is 1.22. The highest BCUT2D eigenvalue weighted by atomic mass is 16.2. The lowest BCUT2D eigenvalue weighted by atomic mass is 10.1. The minimum Gasteiger partial charge on any atom is -0.382 e. The molecule has 150 valence electrons. The highest BCUT2D eigenvalue weighted by Gasteiger charge is 2.19. The third-order valence-corrected chi connectivity index (χ3v) is 4.57. The zero-order chi connectivity index (χ0) is 20.8. The average molecular weight is 392 g/mol. The molecule has 0 aliphatic heterocycles. The van der Waals surface area contributed by atoms with E-state index in [1.54, 1.807) is 0 Å². The molecule has 0 saturated heterocycles. The number of nitrogens with two attached hydrogens (primary N) is 1. The summed E-state index contributed by atoms with van der Waals surface area (Å²) in [7, 11) is 0. The Morgan fingerprint density at radius 2 is 1.72 bits per heavy atom. The topological polar surface area (TPSA) is 115 Å². The Balaban J connectivity index is 1.58. The highest BCUT2D eigenvalue weighted by molar-refractivity contribution is 5.97. The van der Waals surface area contributed by atoms with Crippen LogP contribution in [-0.4, -0.2) is 33.4 Å². The first kappa shape index (κ1) is 20.1. The number of amides is 2. The largest absolute Gasteiger partial charge is 0.382 e. The Kier molecular flexibility index (Phi) is 6.23. The molecule has 3 rings (SSSR count). The number of carbonyl (C=O) groups is 2. The number of nitrogens with zero attached hydrogens (tertiary/aromatic N) is 3. The van der Waals surface area contributed by atoms with E-state index in [0.29, 0.717) is 13.0 Å². The van der Waals surface area contributed by atoms with Crippen LogP contribution in [0.5, 0.6) is 0 Å². The molecule has 2 aromatic carbocycles. The smallest absolute Gasteiger partial charge is 0.275 e. The maximum atomic E-state index is 12.4. The summed E-state index contributed by atoms with van der Waals surface area (Å²) in [6, 6.07) is 15.6. The van der Waals surface area contributed by atoms with Crippen LogP contribution in [0.15, 0.2) is 48.5 Å². The molecule has 4 N–H and O–H groups in total. The number of carbonyl (C=O) groups excluding carboxylic acids is 2. The summed E-state index contributed by atoms with van der Waals surface area (Å²) in [6.07, 6.45) is 0.693. The van der Waals surface area contributed by atoms with Crippen molar-refractivity contribution in [3.8, 4) is 0 Å². The van der Waals surface area contributed by atoms with Gasteiger partial charge in [0.2, 0.25) is 5.91 Å². The third-order valence-electron chi connectivity index (χ3n) is 4.57. The fourth-order valence-corrected chi connectivity index (χ4v) is 2.97. The van der Waals surface area contributed by atoms with E-state index < -0.39 is 5.91 Å². The number of aromatic nitrogens is 3. The fraction of sp³-hybridized carbons (Fsp3) is 0.238. The molecular formula is C21H24N6O2. The first-order valence-electron chi connectivity index (χ1n) is 9.33. The van der Waals surface area contributed by atoms with Crippen LogP contribution in [0.3, 0.4) is 0 Å². The van der Waals surface area contributed by atoms with Crippen LogP contribution in [0.1, 0.15) is 27.2 Å². The number of nitrogen functional groups attached to an aromatic ring is 1. The van der Waals surface area contributed by atoms with Crippen LogP contribution >= 0.6 is 0 Å². The van der Waals surface area contributed by atoms with Crippen molar-refractivity contribution in [2.24, 2.45) is 0 Å². The van der Waals surface area contributed by atoms with Crippen LogP contribution < -0.4 is 16.4 Å². The van der Waals surface area contributed by atoms with Gasteiger partial charge in [-0.2, -0.15) is 0 Å². The van der Waals surface area contributed by atoms with Gasteiger partial charge in [-0.25, -0.2) is 4.68 Å². The van der Waals surface area contributed by atoms with Crippen LogP contribution in [-0.2, 0) is 17.8 Å². The van der Waals surface area contributed by atoms with Crippen molar-refractivity contribution >= 4 is 23.3 Å². The monoisotopic (exact) mass is 392 g/mol. The maximum Gasteiger partial charge on any atom is 0.275 e. The van der Waals surface area contributed by atoms with Crippen molar-refractivity contribution in [2.75, 3.05) is 17.6 Å². The molecular weight excluding hydrogens is 368 g/mol. The highest BCUT2D eigenvalue weighted by Crippen LogP contribution is 2.19. The van der Waals surface area contributed by atoms with Crippen molar-refractivity contribution in [3.05, 3.63) is 70.9 Å². The van der Waals surface area contributed by atoms with Gasteiger partial charge in [-0.05, 0) is 37.0 Å². The molecule has 1 aromatic heterocycles. The molecule has 0 radical (unpaired) electrons. The number of rotatable bonds is 7. The maximum absolute atomic E-state index is 12.4. The van der Waals surface area contributed by atoms with Crippen LogP contribution in [0.4, 0.5) is 11.5 Å². The van der Waals surface area contributed by atoms with E-state index in [9.17, 15) is 9.59 Å². The van der Waals surface area contributed by atoms with Crippen LogP contribution in [0, 0.1) is 13.8 Å². The summed E-state index contributed by atoms with van der Waals surface area (Å²) in [5, 5.41) is 13.3. The van der Waals surface area contributed by atoms with Crippen molar-refractivity contribution in [1.82, 2.24) is 20.3 Å². The molecule has 0 unspecified atom stereocenters. The molecule has 0 aliphatic rings. The first-order chi connectivity index (χ1) is 14.0. The lowest BCUT2D eigenvalue weighted by Gasteiger charge is -2.11. The Labute approximate surface area is 169 Å². The van der Waals surface area contributed by atoms with Gasteiger partial charge < -0.3 is 16.4 Å². The summed E-state index contributed by atoms with van der Waals surface area (Å²) in [5.74, 6) is -0.659. The molecule has 2 amide bonds. The summed E-state index contributed by atoms with van der Waals surface area (Å²) in [4.78, 5) is 24.7. The number of aryl methyl sites for hydroxylation is 2. The molecule has 29 heavy (non-hydrogen) atoms. The number of anilines is 2. The first-order valence-corrected chi connectivity index (χ1v) is 9.33. The van der Waals surface area contributed by atoms with E-state index in [1.807, 2.05) is 62.4 Å². The summed E-state index contributed by atoms with van der Waals surface area (Å²) >= 11 is 0. The van der Waals surface area contributed by atoms with E-state index in [0.717, 1.165) is 22.4 Å². The van der Waals surface area contributed by atoms with Crippen molar-refractivity contribution in [1.29, 1.82) is 0 Å². The lowest BCUT2D eigenvalue weighted by molar-refractivity contribution is -0.116. The molecule has 0 aliphatic carbocycles. The quantitative estimate of drug-likeness (QED) is 0.569. The number of para-hydroxylation sites is 1. The average Bonchev–Trinajstić information content (AvgIpc) is 3.06. The zero-order valence-electron chi connectivity index (χ0n) is 16.5. The predicted octanol–water partition coefficient (Wildman–Crippen LogP) is 2.09. The normalized spacial score (nSPS) is 10.6. The Morgan fingerprint density at radius 1 is 1.03 bits per heavy atom. The molecule has 8 nitrogen and oxygen atoms in total. The second-order valence-corrected chi connectivity index (χ2v) is 6.79. The molecule has 3 aromatic rings. The van der Waals surface area contributed by atoms with E-state index in [2.05, 4.69) is 20.9 Å². The molecule has 8 heteroatoms. The van der Waals surface area contributed by atoms with Crippen molar-refractivity contribution in [2.45, 2.75) is 26.8 Å². The molecule has 0 fully saturated rings. The molecule has 0 atom stereocenters. The predicted molar refractivity (Wildman–Crippen MR) is 111 cm³/mol. The van der Waals surface area contributed by atoms with Gasteiger partial charge in [-0.3, -0.25) is 9.59 Å². The molecule has 1 heterocycles. The van der Waals surface area contributed by atoms with Gasteiger partial charge in [0.05, 0.1) is 0 Å². The van der Waals surface area contributed by atoms with Gasteiger partial charge >= 0.3 is 0 Å². The van der Waals surface area contributed by atoms with E-state index in [-0.39, 0.29) is 24.0 Å².